The number of carbonyl (C=O) groups is 3. The maximum atomic E-state index is 13.0. The lowest BCUT2D eigenvalue weighted by Crippen LogP contribution is -2.47. The van der Waals surface area contributed by atoms with Gasteiger partial charge in [-0.2, -0.15) is 0 Å². The molecule has 1 aliphatic carbocycles. The number of ether oxygens (including phenoxy) is 3. The second-order valence-electron chi connectivity index (χ2n) is 11.1. The average molecular weight is 625 g/mol. The second-order valence-corrected chi connectivity index (χ2v) is 16.9. The van der Waals surface area contributed by atoms with Gasteiger partial charge in [0.1, 0.15) is 5.41 Å². The van der Waals surface area contributed by atoms with Crippen molar-refractivity contribution in [2.75, 3.05) is 25.8 Å². The molecule has 1 fully saturated rings. The van der Waals surface area contributed by atoms with Crippen molar-refractivity contribution < 1.29 is 33.0 Å². The Labute approximate surface area is 226 Å². The highest BCUT2D eigenvalue weighted by molar-refractivity contribution is 14.1. The first-order chi connectivity index (χ1) is 16.2. The number of halogens is 1. The van der Waals surface area contributed by atoms with Crippen molar-refractivity contribution in [2.24, 2.45) is 10.8 Å². The third-order valence-electron chi connectivity index (χ3n) is 8.00. The SMILES string of the molecule is C=C[C@]1(O[Si](C)(C)C(C)(C)C)C[C@]1(CCCCC(CCCCI)(C(=O)OC)C(=O)OC)C(=O)OC. The number of esters is 3. The van der Waals surface area contributed by atoms with Crippen molar-refractivity contribution in [3.05, 3.63) is 12.7 Å². The van der Waals surface area contributed by atoms with Gasteiger partial charge in [0.15, 0.2) is 13.7 Å². The van der Waals surface area contributed by atoms with E-state index >= 15 is 0 Å². The third kappa shape index (κ3) is 6.69. The zero-order chi connectivity index (χ0) is 27.1. The smallest absolute Gasteiger partial charge is 0.323 e. The fraction of sp³-hybridized carbons (Fsp3) is 0.808. The van der Waals surface area contributed by atoms with Gasteiger partial charge in [0, 0.05) is 0 Å². The van der Waals surface area contributed by atoms with Crippen LogP contribution in [0.25, 0.3) is 0 Å². The highest BCUT2D eigenvalue weighted by atomic mass is 127. The van der Waals surface area contributed by atoms with Crippen LogP contribution in [-0.2, 0) is 33.0 Å². The fourth-order valence-electron chi connectivity index (χ4n) is 4.68. The van der Waals surface area contributed by atoms with Gasteiger partial charge in [-0.25, -0.2) is 0 Å². The van der Waals surface area contributed by atoms with Crippen LogP contribution in [-0.4, -0.2) is 57.6 Å². The molecule has 9 heteroatoms. The predicted octanol–water partition coefficient (Wildman–Crippen LogP) is 5.99. The lowest BCUT2D eigenvalue weighted by atomic mass is 9.77. The van der Waals surface area contributed by atoms with Gasteiger partial charge in [0.2, 0.25) is 0 Å². The average Bonchev–Trinajstić information content (AvgIpc) is 3.45. The van der Waals surface area contributed by atoms with Gasteiger partial charge in [0.05, 0.1) is 26.9 Å². The van der Waals surface area contributed by atoms with E-state index in [2.05, 4.69) is 63.0 Å². The van der Waals surface area contributed by atoms with Crippen LogP contribution in [0.15, 0.2) is 12.7 Å². The summed E-state index contributed by atoms with van der Waals surface area (Å²) in [4.78, 5) is 38.5. The number of alkyl halides is 1. The zero-order valence-electron chi connectivity index (χ0n) is 22.9. The second kappa shape index (κ2) is 12.5. The molecule has 0 amide bonds. The van der Waals surface area contributed by atoms with Crippen LogP contribution in [0.4, 0.5) is 0 Å². The van der Waals surface area contributed by atoms with E-state index in [1.54, 1.807) is 6.08 Å². The molecule has 202 valence electrons. The predicted molar refractivity (Wildman–Crippen MR) is 148 cm³/mol. The van der Waals surface area contributed by atoms with Crippen LogP contribution < -0.4 is 0 Å². The van der Waals surface area contributed by atoms with E-state index in [1.807, 2.05) is 0 Å². The first-order valence-electron chi connectivity index (χ1n) is 12.3. The molecular weight excluding hydrogens is 579 g/mol. The molecule has 7 nitrogen and oxygen atoms in total. The van der Waals surface area contributed by atoms with E-state index in [9.17, 15) is 14.4 Å². The number of hydrogen-bond acceptors (Lipinski definition) is 7. The summed E-state index contributed by atoms with van der Waals surface area (Å²) >= 11 is 2.28. The summed E-state index contributed by atoms with van der Waals surface area (Å²) in [7, 11) is 1.81. The van der Waals surface area contributed by atoms with Crippen molar-refractivity contribution in [3.8, 4) is 0 Å². The summed E-state index contributed by atoms with van der Waals surface area (Å²) in [5.41, 5.74) is -2.89. The molecule has 35 heavy (non-hydrogen) atoms. The molecule has 0 bridgehead atoms. The number of unbranched alkanes of at least 4 members (excludes halogenated alkanes) is 2. The third-order valence-corrected chi connectivity index (χ3v) is 13.2. The summed E-state index contributed by atoms with van der Waals surface area (Å²) in [6.45, 7) is 14.8. The van der Waals surface area contributed by atoms with Crippen LogP contribution in [0.2, 0.25) is 18.1 Å². The molecule has 0 unspecified atom stereocenters. The van der Waals surface area contributed by atoms with Crippen molar-refractivity contribution in [1.29, 1.82) is 0 Å². The molecule has 1 aliphatic rings. The molecular formula is C26H45IO7Si. The van der Waals surface area contributed by atoms with E-state index < -0.39 is 36.7 Å². The zero-order valence-corrected chi connectivity index (χ0v) is 26.0. The summed E-state index contributed by atoms with van der Waals surface area (Å²) in [5.74, 6) is -1.42. The minimum absolute atomic E-state index is 0.0218. The van der Waals surface area contributed by atoms with Crippen molar-refractivity contribution >= 4 is 48.8 Å². The minimum atomic E-state index is -2.18. The molecule has 0 aliphatic heterocycles. The molecule has 0 spiro atoms. The molecule has 0 N–H and O–H groups in total. The maximum Gasteiger partial charge on any atom is 0.323 e. The normalized spacial score (nSPS) is 22.3. The molecule has 0 saturated heterocycles. The van der Waals surface area contributed by atoms with Gasteiger partial charge in [0.25, 0.3) is 0 Å². The minimum Gasteiger partial charge on any atom is -0.468 e. The van der Waals surface area contributed by atoms with Gasteiger partial charge in [-0.1, -0.05) is 68.7 Å². The molecule has 0 aromatic heterocycles. The first kappa shape index (κ1) is 32.1. The summed E-state index contributed by atoms with van der Waals surface area (Å²) in [6, 6.07) is 0. The Morgan fingerprint density at radius 3 is 1.86 bits per heavy atom. The highest BCUT2D eigenvalue weighted by Crippen LogP contribution is 2.65. The van der Waals surface area contributed by atoms with E-state index in [1.165, 1.54) is 21.3 Å². The fourth-order valence-corrected chi connectivity index (χ4v) is 6.79. The highest BCUT2D eigenvalue weighted by Gasteiger charge is 2.73. The lowest BCUT2D eigenvalue weighted by Gasteiger charge is -2.40. The Morgan fingerprint density at radius 2 is 1.46 bits per heavy atom. The van der Waals surface area contributed by atoms with E-state index in [0.717, 1.165) is 17.3 Å². The summed E-state index contributed by atoms with van der Waals surface area (Å²) in [5, 5.41) is -0.0218. The molecule has 0 aromatic rings. The quantitative estimate of drug-likeness (QED) is 0.0323. The maximum absolute atomic E-state index is 13.0. The van der Waals surface area contributed by atoms with Gasteiger partial charge >= 0.3 is 17.9 Å². The van der Waals surface area contributed by atoms with Gasteiger partial charge in [-0.05, 0) is 54.7 Å². The Morgan fingerprint density at radius 1 is 0.943 bits per heavy atom. The van der Waals surface area contributed by atoms with Crippen molar-refractivity contribution in [1.82, 2.24) is 0 Å². The molecule has 1 saturated carbocycles. The van der Waals surface area contributed by atoms with Crippen molar-refractivity contribution in [3.63, 3.8) is 0 Å². The van der Waals surface area contributed by atoms with Crippen LogP contribution in [0.5, 0.6) is 0 Å². The lowest BCUT2D eigenvalue weighted by molar-refractivity contribution is -0.170. The van der Waals surface area contributed by atoms with E-state index in [-0.39, 0.29) is 11.0 Å². The first-order valence-corrected chi connectivity index (χ1v) is 16.8. The van der Waals surface area contributed by atoms with Crippen LogP contribution in [0, 0.1) is 10.8 Å². The van der Waals surface area contributed by atoms with Gasteiger partial charge < -0.3 is 18.6 Å². The Balaban J connectivity index is 3.08. The topological polar surface area (TPSA) is 88.1 Å². The standard InChI is InChI=1S/C26H45IO7Si/c1-10-26(34-35(8,9)23(2,3)4)19-25(26,22(30)33-7)17-12-11-15-24(20(28)31-5,21(29)32-6)16-13-14-18-27/h10H,1,11-19H2,2-9H3/t25-,26+/m1/s1. The van der Waals surface area contributed by atoms with E-state index in [4.69, 9.17) is 18.6 Å². The molecule has 0 aromatic carbocycles. The van der Waals surface area contributed by atoms with E-state index in [0.29, 0.717) is 38.5 Å². The number of carbonyl (C=O) groups excluding carboxylic acids is 3. The number of rotatable bonds is 15. The molecule has 1 rings (SSSR count). The largest absolute Gasteiger partial charge is 0.468 e. The number of hydrogen-bond donors (Lipinski definition) is 0. The summed E-state index contributed by atoms with van der Waals surface area (Å²) in [6.07, 6.45) is 6.28. The molecule has 2 atom stereocenters. The van der Waals surface area contributed by atoms with Gasteiger partial charge in [-0.15, -0.1) is 6.58 Å². The molecule has 0 radical (unpaired) electrons. The van der Waals surface area contributed by atoms with Gasteiger partial charge in [-0.3, -0.25) is 14.4 Å². The van der Waals surface area contributed by atoms with Crippen molar-refractivity contribution in [2.45, 2.75) is 95.9 Å². The van der Waals surface area contributed by atoms with Crippen LogP contribution in [0.3, 0.4) is 0 Å². The Bertz CT molecular complexity index is 760. The van der Waals surface area contributed by atoms with Crippen LogP contribution >= 0.6 is 22.6 Å². The summed E-state index contributed by atoms with van der Waals surface area (Å²) < 4.78 is 22.9. The monoisotopic (exact) mass is 624 g/mol. The number of methoxy groups -OCH3 is 3. The Kier molecular flexibility index (Phi) is 11.5. The van der Waals surface area contributed by atoms with Crippen LogP contribution in [0.1, 0.15) is 72.1 Å². The Hall–Kier alpha value is -0.943. The molecule has 0 heterocycles.